The SMILES string of the molecule is CC(C)CCOCCOC(=O)c1cccc(N)c1. The van der Waals surface area contributed by atoms with Crippen molar-refractivity contribution >= 4 is 11.7 Å². The van der Waals surface area contributed by atoms with Gasteiger partial charge in [-0.25, -0.2) is 4.79 Å². The molecule has 1 rings (SSSR count). The average Bonchev–Trinajstić information content (AvgIpc) is 2.33. The Bertz CT molecular complexity index is 377. The summed E-state index contributed by atoms with van der Waals surface area (Å²) in [6.07, 6.45) is 1.02. The van der Waals surface area contributed by atoms with E-state index in [-0.39, 0.29) is 12.6 Å². The molecule has 0 atom stereocenters. The summed E-state index contributed by atoms with van der Waals surface area (Å²) >= 11 is 0. The number of carbonyl (C=O) groups is 1. The van der Waals surface area contributed by atoms with E-state index in [9.17, 15) is 4.79 Å². The molecule has 0 fully saturated rings. The fraction of sp³-hybridized carbons (Fsp3) is 0.500. The van der Waals surface area contributed by atoms with Gasteiger partial charge in [0.1, 0.15) is 6.61 Å². The monoisotopic (exact) mass is 251 g/mol. The Labute approximate surface area is 108 Å². The molecule has 0 aliphatic carbocycles. The van der Waals surface area contributed by atoms with Crippen molar-refractivity contribution in [3.8, 4) is 0 Å². The number of anilines is 1. The Morgan fingerprint density at radius 2 is 2.06 bits per heavy atom. The summed E-state index contributed by atoms with van der Waals surface area (Å²) in [6, 6.07) is 6.73. The maximum absolute atomic E-state index is 11.6. The minimum Gasteiger partial charge on any atom is -0.460 e. The first-order valence-electron chi connectivity index (χ1n) is 6.20. The molecule has 0 saturated carbocycles. The van der Waals surface area contributed by atoms with Crippen molar-refractivity contribution in [2.75, 3.05) is 25.6 Å². The lowest BCUT2D eigenvalue weighted by Gasteiger charge is -2.07. The number of hydrogen-bond donors (Lipinski definition) is 1. The van der Waals surface area contributed by atoms with Crippen LogP contribution in [-0.4, -0.2) is 25.8 Å². The van der Waals surface area contributed by atoms with Crippen molar-refractivity contribution in [2.24, 2.45) is 5.92 Å². The summed E-state index contributed by atoms with van der Waals surface area (Å²) < 4.78 is 10.4. The second-order valence-corrected chi connectivity index (χ2v) is 4.56. The van der Waals surface area contributed by atoms with Crippen LogP contribution in [0.15, 0.2) is 24.3 Å². The van der Waals surface area contributed by atoms with Crippen molar-refractivity contribution in [1.82, 2.24) is 0 Å². The van der Waals surface area contributed by atoms with Crippen LogP contribution in [0.1, 0.15) is 30.6 Å². The van der Waals surface area contributed by atoms with E-state index in [1.165, 1.54) is 0 Å². The molecular weight excluding hydrogens is 230 g/mol. The van der Waals surface area contributed by atoms with Crippen molar-refractivity contribution in [3.63, 3.8) is 0 Å². The third-order valence-electron chi connectivity index (χ3n) is 2.42. The van der Waals surface area contributed by atoms with Crippen LogP contribution in [-0.2, 0) is 9.47 Å². The predicted octanol–water partition coefficient (Wildman–Crippen LogP) is 2.49. The average molecular weight is 251 g/mol. The molecule has 0 aliphatic heterocycles. The lowest BCUT2D eigenvalue weighted by atomic mass is 10.1. The number of nitrogen functional groups attached to an aromatic ring is 1. The fourth-order valence-electron chi connectivity index (χ4n) is 1.36. The summed E-state index contributed by atoms with van der Waals surface area (Å²) in [5.74, 6) is 0.259. The Balaban J connectivity index is 2.18. The Hall–Kier alpha value is -1.55. The maximum Gasteiger partial charge on any atom is 0.338 e. The summed E-state index contributed by atoms with van der Waals surface area (Å²) in [5.41, 5.74) is 6.61. The second-order valence-electron chi connectivity index (χ2n) is 4.56. The number of ether oxygens (including phenoxy) is 2. The molecule has 0 aliphatic rings. The van der Waals surface area contributed by atoms with Crippen LogP contribution in [0.3, 0.4) is 0 Å². The molecule has 2 N–H and O–H groups in total. The highest BCUT2D eigenvalue weighted by atomic mass is 16.6. The summed E-state index contributed by atoms with van der Waals surface area (Å²) in [7, 11) is 0. The molecule has 4 nitrogen and oxygen atoms in total. The first-order valence-corrected chi connectivity index (χ1v) is 6.20. The van der Waals surface area contributed by atoms with Gasteiger partial charge in [0.25, 0.3) is 0 Å². The number of esters is 1. The van der Waals surface area contributed by atoms with E-state index in [1.807, 2.05) is 0 Å². The van der Waals surface area contributed by atoms with Gasteiger partial charge in [-0.3, -0.25) is 0 Å². The predicted molar refractivity (Wildman–Crippen MR) is 71.4 cm³/mol. The smallest absolute Gasteiger partial charge is 0.338 e. The van der Waals surface area contributed by atoms with Crippen molar-refractivity contribution in [3.05, 3.63) is 29.8 Å². The van der Waals surface area contributed by atoms with Gasteiger partial charge in [0.2, 0.25) is 0 Å². The molecule has 0 saturated heterocycles. The molecule has 0 radical (unpaired) electrons. The van der Waals surface area contributed by atoms with Gasteiger partial charge in [0.05, 0.1) is 12.2 Å². The Kier molecular flexibility index (Phi) is 6.22. The van der Waals surface area contributed by atoms with E-state index in [2.05, 4.69) is 13.8 Å². The van der Waals surface area contributed by atoms with Crippen molar-refractivity contribution < 1.29 is 14.3 Å². The lowest BCUT2D eigenvalue weighted by molar-refractivity contribution is 0.0303. The zero-order valence-corrected chi connectivity index (χ0v) is 11.0. The molecule has 0 heterocycles. The van der Waals surface area contributed by atoms with Crippen LogP contribution in [0.25, 0.3) is 0 Å². The van der Waals surface area contributed by atoms with Gasteiger partial charge in [0.15, 0.2) is 0 Å². The van der Waals surface area contributed by atoms with Crippen molar-refractivity contribution in [2.45, 2.75) is 20.3 Å². The number of rotatable bonds is 7. The van der Waals surface area contributed by atoms with E-state index in [0.29, 0.717) is 30.4 Å². The van der Waals surface area contributed by atoms with Gasteiger partial charge in [-0.2, -0.15) is 0 Å². The Morgan fingerprint density at radius 3 is 2.72 bits per heavy atom. The molecule has 18 heavy (non-hydrogen) atoms. The van der Waals surface area contributed by atoms with Gasteiger partial charge in [0, 0.05) is 12.3 Å². The number of hydrogen-bond acceptors (Lipinski definition) is 4. The number of nitrogens with two attached hydrogens (primary N) is 1. The fourth-order valence-corrected chi connectivity index (χ4v) is 1.36. The van der Waals surface area contributed by atoms with E-state index < -0.39 is 0 Å². The minimum absolute atomic E-state index is 0.270. The second kappa shape index (κ2) is 7.71. The van der Waals surface area contributed by atoms with Gasteiger partial charge in [-0.05, 0) is 30.5 Å². The van der Waals surface area contributed by atoms with Crippen LogP contribution < -0.4 is 5.73 Å². The summed E-state index contributed by atoms with van der Waals surface area (Å²) in [5, 5.41) is 0. The molecule has 100 valence electrons. The molecule has 0 amide bonds. The number of carbonyl (C=O) groups excluding carboxylic acids is 1. The normalized spacial score (nSPS) is 10.6. The topological polar surface area (TPSA) is 61.5 Å². The number of benzene rings is 1. The highest BCUT2D eigenvalue weighted by Crippen LogP contribution is 2.07. The summed E-state index contributed by atoms with van der Waals surface area (Å²) in [6.45, 7) is 5.69. The van der Waals surface area contributed by atoms with E-state index in [4.69, 9.17) is 15.2 Å². The quantitative estimate of drug-likeness (QED) is 0.459. The standard InChI is InChI=1S/C14H21NO3/c1-11(2)6-7-17-8-9-18-14(16)12-4-3-5-13(15)10-12/h3-5,10-11H,6-9,15H2,1-2H3. The van der Waals surface area contributed by atoms with Gasteiger partial charge >= 0.3 is 5.97 Å². The maximum atomic E-state index is 11.6. The first-order chi connectivity index (χ1) is 8.59. The van der Waals surface area contributed by atoms with E-state index in [0.717, 1.165) is 6.42 Å². The van der Waals surface area contributed by atoms with Gasteiger partial charge < -0.3 is 15.2 Å². The third kappa shape index (κ3) is 5.68. The van der Waals surface area contributed by atoms with Crippen LogP contribution in [0, 0.1) is 5.92 Å². The molecule has 4 heteroatoms. The van der Waals surface area contributed by atoms with Crippen LogP contribution in [0.2, 0.25) is 0 Å². The highest BCUT2D eigenvalue weighted by Gasteiger charge is 2.06. The van der Waals surface area contributed by atoms with Crippen LogP contribution in [0.5, 0.6) is 0 Å². The third-order valence-corrected chi connectivity index (χ3v) is 2.42. The van der Waals surface area contributed by atoms with Gasteiger partial charge in [-0.15, -0.1) is 0 Å². The molecule has 1 aromatic rings. The van der Waals surface area contributed by atoms with Crippen molar-refractivity contribution in [1.29, 1.82) is 0 Å². The summed E-state index contributed by atoms with van der Waals surface area (Å²) in [4.78, 5) is 11.6. The largest absolute Gasteiger partial charge is 0.460 e. The van der Waals surface area contributed by atoms with Gasteiger partial charge in [-0.1, -0.05) is 19.9 Å². The zero-order chi connectivity index (χ0) is 13.4. The minimum atomic E-state index is -0.366. The van der Waals surface area contributed by atoms with E-state index in [1.54, 1.807) is 24.3 Å². The Morgan fingerprint density at radius 1 is 1.28 bits per heavy atom. The zero-order valence-electron chi connectivity index (χ0n) is 11.0. The molecular formula is C14H21NO3. The molecule has 0 spiro atoms. The van der Waals surface area contributed by atoms with E-state index >= 15 is 0 Å². The first kappa shape index (κ1) is 14.5. The lowest BCUT2D eigenvalue weighted by Crippen LogP contribution is -2.12. The molecule has 0 bridgehead atoms. The van der Waals surface area contributed by atoms with Crippen LogP contribution >= 0.6 is 0 Å². The van der Waals surface area contributed by atoms with Crippen LogP contribution in [0.4, 0.5) is 5.69 Å². The highest BCUT2D eigenvalue weighted by molar-refractivity contribution is 5.90. The molecule has 0 aromatic heterocycles. The molecule has 0 unspecified atom stereocenters. The molecule has 1 aromatic carbocycles.